The van der Waals surface area contributed by atoms with Crippen LogP contribution in [0.2, 0.25) is 0 Å². The van der Waals surface area contributed by atoms with Crippen LogP contribution in [0.15, 0.2) is 31.6 Å². The first-order chi connectivity index (χ1) is 4.74. The van der Waals surface area contributed by atoms with Crippen molar-refractivity contribution >= 4 is 5.57 Å². The maximum absolute atomic E-state index is 3.99. The van der Waals surface area contributed by atoms with Crippen LogP contribution < -0.4 is 0 Å². The first-order valence-electron chi connectivity index (χ1n) is 3.04. The highest BCUT2D eigenvalue weighted by Crippen LogP contribution is 2.10. The van der Waals surface area contributed by atoms with Gasteiger partial charge in [-0.05, 0) is 5.57 Å². The molecule has 0 aromatic carbocycles. The van der Waals surface area contributed by atoms with E-state index in [4.69, 9.17) is 0 Å². The molecule has 10 heavy (non-hydrogen) atoms. The van der Waals surface area contributed by atoms with Crippen molar-refractivity contribution in [2.24, 2.45) is 7.05 Å². The highest BCUT2D eigenvalue weighted by Gasteiger charge is 1.94. The Hall–Kier alpha value is -1.31. The number of aromatic nitrogens is 2. The molecule has 0 saturated carbocycles. The SMILES string of the molecule is C=CC(=C)c1cnn(C)c1. The first kappa shape index (κ1) is 6.81. The van der Waals surface area contributed by atoms with Crippen LogP contribution in [-0.2, 0) is 7.05 Å². The normalized spacial score (nSPS) is 9.30. The molecule has 1 aromatic rings. The van der Waals surface area contributed by atoms with E-state index in [9.17, 15) is 0 Å². The summed E-state index contributed by atoms with van der Waals surface area (Å²) in [5.74, 6) is 0. The smallest absolute Gasteiger partial charge is 0.0567 e. The highest BCUT2D eigenvalue weighted by atomic mass is 15.2. The Kier molecular flexibility index (Phi) is 1.71. The lowest BCUT2D eigenvalue weighted by Crippen LogP contribution is -1.84. The molecule has 0 spiro atoms. The lowest BCUT2D eigenvalue weighted by Gasteiger charge is -1.89. The zero-order valence-electron chi connectivity index (χ0n) is 6.04. The number of nitrogens with zero attached hydrogens (tertiary/aromatic N) is 2. The van der Waals surface area contributed by atoms with Crippen LogP contribution in [0.4, 0.5) is 0 Å². The van der Waals surface area contributed by atoms with Crippen molar-refractivity contribution in [3.63, 3.8) is 0 Å². The molecule has 0 aliphatic carbocycles. The summed E-state index contributed by atoms with van der Waals surface area (Å²) in [4.78, 5) is 0. The Labute approximate surface area is 60.5 Å². The quantitative estimate of drug-likeness (QED) is 0.562. The van der Waals surface area contributed by atoms with E-state index in [0.717, 1.165) is 11.1 Å². The zero-order valence-corrected chi connectivity index (χ0v) is 6.04. The molecule has 0 unspecified atom stereocenters. The van der Waals surface area contributed by atoms with Crippen LogP contribution in [0.3, 0.4) is 0 Å². The predicted molar refractivity (Wildman–Crippen MR) is 42.4 cm³/mol. The third-order valence-corrected chi connectivity index (χ3v) is 1.32. The van der Waals surface area contributed by atoms with Gasteiger partial charge in [0.1, 0.15) is 0 Å². The van der Waals surface area contributed by atoms with Gasteiger partial charge in [-0.15, -0.1) is 0 Å². The van der Waals surface area contributed by atoms with Crippen LogP contribution in [0.1, 0.15) is 5.56 Å². The lowest BCUT2D eigenvalue weighted by atomic mass is 10.2. The van der Waals surface area contributed by atoms with E-state index in [0.29, 0.717) is 0 Å². The second-order valence-corrected chi connectivity index (χ2v) is 2.13. The Morgan fingerprint density at radius 3 is 2.90 bits per heavy atom. The molecule has 0 atom stereocenters. The van der Waals surface area contributed by atoms with E-state index in [1.807, 2.05) is 13.2 Å². The van der Waals surface area contributed by atoms with Crippen molar-refractivity contribution in [3.8, 4) is 0 Å². The van der Waals surface area contributed by atoms with Gasteiger partial charge < -0.3 is 0 Å². The molecular formula is C8H10N2. The standard InChI is InChI=1S/C8H10N2/c1-4-7(2)8-5-9-10(3)6-8/h4-6H,1-2H2,3H3. The number of aryl methyl sites for hydroxylation is 1. The van der Waals surface area contributed by atoms with Crippen molar-refractivity contribution in [1.82, 2.24) is 9.78 Å². The number of rotatable bonds is 2. The Bertz CT molecular complexity index is 258. The molecule has 52 valence electrons. The van der Waals surface area contributed by atoms with Gasteiger partial charge in [0.05, 0.1) is 6.20 Å². The van der Waals surface area contributed by atoms with Crippen LogP contribution in [0.25, 0.3) is 5.57 Å². The van der Waals surface area contributed by atoms with Crippen molar-refractivity contribution < 1.29 is 0 Å². The van der Waals surface area contributed by atoms with Crippen LogP contribution in [-0.4, -0.2) is 9.78 Å². The highest BCUT2D eigenvalue weighted by molar-refractivity contribution is 5.70. The van der Waals surface area contributed by atoms with E-state index in [1.165, 1.54) is 0 Å². The summed E-state index contributed by atoms with van der Waals surface area (Å²) in [6, 6.07) is 0. The van der Waals surface area contributed by atoms with Gasteiger partial charge >= 0.3 is 0 Å². The third kappa shape index (κ3) is 1.16. The fraction of sp³-hybridized carbons (Fsp3) is 0.125. The molecule has 0 N–H and O–H groups in total. The average Bonchev–Trinajstić information content (AvgIpc) is 2.34. The summed E-state index contributed by atoms with van der Waals surface area (Å²) in [6.45, 7) is 7.40. The first-order valence-corrected chi connectivity index (χ1v) is 3.04. The second-order valence-electron chi connectivity index (χ2n) is 2.13. The number of hydrogen-bond acceptors (Lipinski definition) is 1. The monoisotopic (exact) mass is 134 g/mol. The molecule has 0 aliphatic rings. The van der Waals surface area contributed by atoms with Gasteiger partial charge in [0.15, 0.2) is 0 Å². The number of allylic oxidation sites excluding steroid dienone is 2. The summed E-state index contributed by atoms with van der Waals surface area (Å²) in [6.07, 6.45) is 5.39. The van der Waals surface area contributed by atoms with Gasteiger partial charge in [-0.1, -0.05) is 19.2 Å². The predicted octanol–water partition coefficient (Wildman–Crippen LogP) is 1.62. The minimum Gasteiger partial charge on any atom is -0.275 e. The summed E-state index contributed by atoms with van der Waals surface area (Å²) >= 11 is 0. The molecular weight excluding hydrogens is 124 g/mol. The molecule has 0 radical (unpaired) electrons. The van der Waals surface area contributed by atoms with Gasteiger partial charge in [0.2, 0.25) is 0 Å². The van der Waals surface area contributed by atoms with Crippen molar-refractivity contribution in [3.05, 3.63) is 37.2 Å². The molecule has 0 bridgehead atoms. The van der Waals surface area contributed by atoms with Crippen molar-refractivity contribution in [2.45, 2.75) is 0 Å². The molecule has 1 aromatic heterocycles. The largest absolute Gasteiger partial charge is 0.275 e. The lowest BCUT2D eigenvalue weighted by molar-refractivity contribution is 0.767. The van der Waals surface area contributed by atoms with Crippen LogP contribution >= 0.6 is 0 Å². The van der Waals surface area contributed by atoms with E-state index in [1.54, 1.807) is 17.0 Å². The van der Waals surface area contributed by atoms with E-state index < -0.39 is 0 Å². The maximum atomic E-state index is 3.99. The van der Waals surface area contributed by atoms with Crippen molar-refractivity contribution in [1.29, 1.82) is 0 Å². The van der Waals surface area contributed by atoms with E-state index >= 15 is 0 Å². The Balaban J connectivity index is 2.95. The summed E-state index contributed by atoms with van der Waals surface area (Å²) < 4.78 is 1.74. The van der Waals surface area contributed by atoms with Gasteiger partial charge in [0.25, 0.3) is 0 Å². The van der Waals surface area contributed by atoms with Gasteiger partial charge in [-0.3, -0.25) is 4.68 Å². The van der Waals surface area contributed by atoms with Gasteiger partial charge in [-0.25, -0.2) is 0 Å². The maximum Gasteiger partial charge on any atom is 0.0567 e. The Morgan fingerprint density at radius 1 is 1.80 bits per heavy atom. The summed E-state index contributed by atoms with van der Waals surface area (Å²) in [7, 11) is 1.87. The fourth-order valence-corrected chi connectivity index (χ4v) is 0.705. The molecule has 0 aliphatic heterocycles. The molecule has 1 rings (SSSR count). The minimum atomic E-state index is 0.910. The molecule has 0 fully saturated rings. The molecule has 0 saturated heterocycles. The van der Waals surface area contributed by atoms with Gasteiger partial charge in [0, 0.05) is 18.8 Å². The van der Waals surface area contributed by atoms with E-state index in [-0.39, 0.29) is 0 Å². The fourth-order valence-electron chi connectivity index (χ4n) is 0.705. The third-order valence-electron chi connectivity index (χ3n) is 1.32. The van der Waals surface area contributed by atoms with Crippen LogP contribution in [0.5, 0.6) is 0 Å². The molecule has 0 amide bonds. The summed E-state index contributed by atoms with van der Waals surface area (Å²) in [5.41, 5.74) is 1.94. The average molecular weight is 134 g/mol. The molecule has 1 heterocycles. The van der Waals surface area contributed by atoms with Crippen molar-refractivity contribution in [2.75, 3.05) is 0 Å². The minimum absolute atomic E-state index is 0.910. The number of hydrogen-bond donors (Lipinski definition) is 0. The Morgan fingerprint density at radius 2 is 2.50 bits per heavy atom. The molecule has 2 heteroatoms. The molecule has 2 nitrogen and oxygen atoms in total. The van der Waals surface area contributed by atoms with E-state index in [2.05, 4.69) is 18.3 Å². The summed E-state index contributed by atoms with van der Waals surface area (Å²) in [5, 5.41) is 3.99. The van der Waals surface area contributed by atoms with Gasteiger partial charge in [-0.2, -0.15) is 5.10 Å². The topological polar surface area (TPSA) is 17.8 Å². The van der Waals surface area contributed by atoms with Crippen LogP contribution in [0, 0.1) is 0 Å². The second kappa shape index (κ2) is 2.52. The zero-order chi connectivity index (χ0) is 7.56.